The molecule has 2 rings (SSSR count). The Hall–Kier alpha value is -0.390. The molecule has 6 heteroatoms. The van der Waals surface area contributed by atoms with Gasteiger partial charge in [-0.25, -0.2) is 4.98 Å². The Morgan fingerprint density at radius 3 is 3.12 bits per heavy atom. The maximum atomic E-state index is 5.83. The van der Waals surface area contributed by atoms with Crippen molar-refractivity contribution in [2.75, 3.05) is 24.6 Å². The van der Waals surface area contributed by atoms with Gasteiger partial charge in [-0.1, -0.05) is 0 Å². The third kappa shape index (κ3) is 3.30. The molecule has 0 N–H and O–H groups in total. The molecule has 0 amide bonds. The largest absolute Gasteiger partial charge is 0.376 e. The van der Waals surface area contributed by atoms with Crippen LogP contribution in [0.15, 0.2) is 10.7 Å². The molecule has 1 fully saturated rings. The molecular formula is C11H15BrClN3O. The van der Waals surface area contributed by atoms with Crippen LogP contribution in [0.2, 0.25) is 5.28 Å². The van der Waals surface area contributed by atoms with Gasteiger partial charge in [-0.3, -0.25) is 0 Å². The van der Waals surface area contributed by atoms with Gasteiger partial charge >= 0.3 is 0 Å². The summed E-state index contributed by atoms with van der Waals surface area (Å²) in [7, 11) is 0. The van der Waals surface area contributed by atoms with Crippen LogP contribution in [-0.4, -0.2) is 35.8 Å². The van der Waals surface area contributed by atoms with E-state index in [0.717, 1.165) is 42.8 Å². The summed E-state index contributed by atoms with van der Waals surface area (Å²) < 4.78 is 6.51. The average molecular weight is 321 g/mol. The number of nitrogens with zero attached hydrogens (tertiary/aromatic N) is 3. The minimum atomic E-state index is 0.272. The maximum Gasteiger partial charge on any atom is 0.224 e. The Labute approximate surface area is 114 Å². The Balaban J connectivity index is 2.13. The second-order valence-corrected chi connectivity index (χ2v) is 5.18. The van der Waals surface area contributed by atoms with Crippen molar-refractivity contribution in [3.05, 3.63) is 16.0 Å². The normalized spacial score (nSPS) is 19.6. The van der Waals surface area contributed by atoms with E-state index in [-0.39, 0.29) is 5.28 Å². The minimum absolute atomic E-state index is 0.272. The lowest BCUT2D eigenvalue weighted by Crippen LogP contribution is -2.33. The van der Waals surface area contributed by atoms with Crippen LogP contribution in [0.25, 0.3) is 0 Å². The van der Waals surface area contributed by atoms with Gasteiger partial charge in [0.2, 0.25) is 5.28 Å². The summed E-state index contributed by atoms with van der Waals surface area (Å²) in [6.45, 7) is 4.68. The van der Waals surface area contributed by atoms with Crippen molar-refractivity contribution in [1.29, 1.82) is 0 Å². The summed E-state index contributed by atoms with van der Waals surface area (Å²) in [5, 5.41) is 0.272. The molecule has 1 aliphatic heterocycles. The van der Waals surface area contributed by atoms with E-state index in [1.807, 2.05) is 0 Å². The van der Waals surface area contributed by atoms with Gasteiger partial charge in [0, 0.05) is 25.9 Å². The van der Waals surface area contributed by atoms with Crippen LogP contribution in [0.3, 0.4) is 0 Å². The summed E-state index contributed by atoms with van der Waals surface area (Å²) in [5.41, 5.74) is 0. The molecule has 2 heterocycles. The van der Waals surface area contributed by atoms with Crippen molar-refractivity contribution < 1.29 is 4.74 Å². The first-order chi connectivity index (χ1) is 8.20. The molecule has 4 nitrogen and oxygen atoms in total. The lowest BCUT2D eigenvalue weighted by molar-refractivity contribution is 0.115. The standard InChI is InChI=1S/C11H15BrClN3O/c1-2-16(7-8-4-3-5-17-8)10-9(12)6-14-11(13)15-10/h6,8H,2-5,7H2,1H3. The van der Waals surface area contributed by atoms with Gasteiger partial charge in [0.25, 0.3) is 0 Å². The quantitative estimate of drug-likeness (QED) is 0.800. The van der Waals surface area contributed by atoms with Crippen molar-refractivity contribution in [2.24, 2.45) is 0 Å². The topological polar surface area (TPSA) is 38.2 Å². The highest BCUT2D eigenvalue weighted by molar-refractivity contribution is 9.10. The molecule has 0 saturated carbocycles. The van der Waals surface area contributed by atoms with Crippen molar-refractivity contribution >= 4 is 33.3 Å². The molecule has 0 bridgehead atoms. The molecule has 0 radical (unpaired) electrons. The molecule has 1 unspecified atom stereocenters. The maximum absolute atomic E-state index is 5.83. The van der Waals surface area contributed by atoms with Gasteiger partial charge in [-0.05, 0) is 47.3 Å². The van der Waals surface area contributed by atoms with Gasteiger partial charge in [0.1, 0.15) is 5.82 Å². The van der Waals surface area contributed by atoms with E-state index >= 15 is 0 Å². The van der Waals surface area contributed by atoms with Crippen molar-refractivity contribution in [1.82, 2.24) is 9.97 Å². The summed E-state index contributed by atoms with van der Waals surface area (Å²) in [5.74, 6) is 0.836. The Kier molecular flexibility index (Phi) is 4.59. The van der Waals surface area contributed by atoms with Crippen LogP contribution in [0.4, 0.5) is 5.82 Å². The number of likely N-dealkylation sites (N-methyl/N-ethyl adjacent to an activating group) is 1. The first-order valence-electron chi connectivity index (χ1n) is 5.75. The number of hydrogen-bond acceptors (Lipinski definition) is 4. The fraction of sp³-hybridized carbons (Fsp3) is 0.636. The number of hydrogen-bond donors (Lipinski definition) is 0. The summed E-state index contributed by atoms with van der Waals surface area (Å²) >= 11 is 9.29. The van der Waals surface area contributed by atoms with E-state index in [1.54, 1.807) is 6.20 Å². The van der Waals surface area contributed by atoms with Crippen molar-refractivity contribution in [3.63, 3.8) is 0 Å². The number of ether oxygens (including phenoxy) is 1. The van der Waals surface area contributed by atoms with E-state index in [2.05, 4.69) is 37.7 Å². The molecular weight excluding hydrogens is 305 g/mol. The van der Waals surface area contributed by atoms with Gasteiger partial charge in [-0.2, -0.15) is 4.98 Å². The predicted molar refractivity (Wildman–Crippen MR) is 71.6 cm³/mol. The highest BCUT2D eigenvalue weighted by atomic mass is 79.9. The molecule has 94 valence electrons. The zero-order chi connectivity index (χ0) is 12.3. The third-order valence-electron chi connectivity index (χ3n) is 2.83. The number of halogens is 2. The first kappa shape index (κ1) is 13.1. The average Bonchev–Trinajstić information content (AvgIpc) is 2.82. The van der Waals surface area contributed by atoms with Crippen LogP contribution < -0.4 is 4.90 Å². The Morgan fingerprint density at radius 1 is 1.65 bits per heavy atom. The van der Waals surface area contributed by atoms with Crippen molar-refractivity contribution in [3.8, 4) is 0 Å². The summed E-state index contributed by atoms with van der Waals surface area (Å²) in [6.07, 6.45) is 4.25. The van der Waals surface area contributed by atoms with Crippen LogP contribution in [-0.2, 0) is 4.74 Å². The fourth-order valence-corrected chi connectivity index (χ4v) is 2.53. The molecule has 0 spiro atoms. The van der Waals surface area contributed by atoms with Gasteiger partial charge in [0.05, 0.1) is 10.6 Å². The summed E-state index contributed by atoms with van der Waals surface area (Å²) in [4.78, 5) is 10.4. The van der Waals surface area contributed by atoms with E-state index < -0.39 is 0 Å². The van der Waals surface area contributed by atoms with E-state index in [9.17, 15) is 0 Å². The van der Waals surface area contributed by atoms with Gasteiger partial charge in [-0.15, -0.1) is 0 Å². The molecule has 1 aromatic rings. The van der Waals surface area contributed by atoms with E-state index in [4.69, 9.17) is 16.3 Å². The number of anilines is 1. The molecule has 17 heavy (non-hydrogen) atoms. The molecule has 1 saturated heterocycles. The minimum Gasteiger partial charge on any atom is -0.376 e. The van der Waals surface area contributed by atoms with E-state index in [1.165, 1.54) is 0 Å². The fourth-order valence-electron chi connectivity index (χ4n) is 1.96. The highest BCUT2D eigenvalue weighted by Crippen LogP contribution is 2.25. The SMILES string of the molecule is CCN(CC1CCCO1)c1nc(Cl)ncc1Br. The molecule has 0 aromatic carbocycles. The van der Waals surface area contributed by atoms with Crippen molar-refractivity contribution in [2.45, 2.75) is 25.9 Å². The second-order valence-electron chi connectivity index (χ2n) is 3.98. The number of aromatic nitrogens is 2. The summed E-state index contributed by atoms with van der Waals surface area (Å²) in [6, 6.07) is 0. The number of rotatable bonds is 4. The Morgan fingerprint density at radius 2 is 2.47 bits per heavy atom. The molecule has 1 aromatic heterocycles. The third-order valence-corrected chi connectivity index (χ3v) is 3.57. The smallest absolute Gasteiger partial charge is 0.224 e. The lowest BCUT2D eigenvalue weighted by atomic mass is 10.2. The molecule has 1 atom stereocenters. The predicted octanol–water partition coefficient (Wildman–Crippen LogP) is 2.90. The zero-order valence-electron chi connectivity index (χ0n) is 9.70. The second kappa shape index (κ2) is 5.98. The highest BCUT2D eigenvalue weighted by Gasteiger charge is 2.20. The monoisotopic (exact) mass is 319 g/mol. The lowest BCUT2D eigenvalue weighted by Gasteiger charge is -2.25. The first-order valence-corrected chi connectivity index (χ1v) is 6.92. The Bertz CT molecular complexity index is 385. The van der Waals surface area contributed by atoms with Crippen LogP contribution in [0, 0.1) is 0 Å². The molecule has 1 aliphatic rings. The van der Waals surface area contributed by atoms with Gasteiger partial charge in [0.15, 0.2) is 0 Å². The molecule has 0 aliphatic carbocycles. The zero-order valence-corrected chi connectivity index (χ0v) is 12.0. The van der Waals surface area contributed by atoms with Crippen LogP contribution in [0.1, 0.15) is 19.8 Å². The van der Waals surface area contributed by atoms with Crippen LogP contribution in [0.5, 0.6) is 0 Å². The van der Waals surface area contributed by atoms with Crippen LogP contribution >= 0.6 is 27.5 Å². The van der Waals surface area contributed by atoms with Gasteiger partial charge < -0.3 is 9.64 Å². The van der Waals surface area contributed by atoms with E-state index in [0.29, 0.717) is 6.10 Å².